The van der Waals surface area contributed by atoms with Gasteiger partial charge in [-0.3, -0.25) is 0 Å². The first kappa shape index (κ1) is 13.2. The Hall–Kier alpha value is -1.27. The molecule has 0 unspecified atom stereocenters. The van der Waals surface area contributed by atoms with Crippen LogP contribution in [0.3, 0.4) is 0 Å². The first-order valence-corrected chi connectivity index (χ1v) is 8.86. The summed E-state index contributed by atoms with van der Waals surface area (Å²) in [5.74, 6) is 3.01. The van der Waals surface area contributed by atoms with Gasteiger partial charge in [-0.2, -0.15) is 0 Å². The second kappa shape index (κ2) is 4.17. The highest BCUT2D eigenvalue weighted by molar-refractivity contribution is 6.22. The van der Waals surface area contributed by atoms with Crippen LogP contribution in [0.5, 0.6) is 0 Å². The van der Waals surface area contributed by atoms with Crippen molar-refractivity contribution in [1.82, 2.24) is 0 Å². The molecule has 4 aliphatic rings. The van der Waals surface area contributed by atoms with Gasteiger partial charge in [-0.05, 0) is 55.1 Å². The monoisotopic (exact) mass is 308 g/mol. The van der Waals surface area contributed by atoms with Crippen LogP contribution in [0.15, 0.2) is 48.5 Å². The fraction of sp³-hybridized carbons (Fsp3) is 0.429. The molecule has 0 saturated heterocycles. The van der Waals surface area contributed by atoms with Crippen LogP contribution in [-0.4, -0.2) is 5.38 Å². The molecule has 0 heterocycles. The largest absolute Gasteiger partial charge is 0.122 e. The maximum atomic E-state index is 6.84. The van der Waals surface area contributed by atoms with E-state index >= 15 is 0 Å². The van der Waals surface area contributed by atoms with Gasteiger partial charge in [0.2, 0.25) is 0 Å². The molecule has 1 heteroatoms. The Morgan fingerprint density at radius 1 is 0.864 bits per heavy atom. The average molecular weight is 309 g/mol. The summed E-state index contributed by atoms with van der Waals surface area (Å²) in [5.41, 5.74) is 5.82. The Morgan fingerprint density at radius 2 is 1.36 bits per heavy atom. The van der Waals surface area contributed by atoms with Crippen LogP contribution in [0.1, 0.15) is 28.7 Å². The van der Waals surface area contributed by atoms with Gasteiger partial charge in [-0.1, -0.05) is 59.7 Å². The van der Waals surface area contributed by atoms with E-state index < -0.39 is 0 Å². The molecule has 4 aliphatic carbocycles. The van der Waals surface area contributed by atoms with E-state index in [9.17, 15) is 0 Å². The minimum Gasteiger partial charge on any atom is -0.122 e. The van der Waals surface area contributed by atoms with Crippen molar-refractivity contribution < 1.29 is 0 Å². The Labute approximate surface area is 137 Å². The zero-order chi connectivity index (χ0) is 15.1. The highest BCUT2D eigenvalue weighted by atomic mass is 35.5. The van der Waals surface area contributed by atoms with Gasteiger partial charge < -0.3 is 0 Å². The van der Waals surface area contributed by atoms with Gasteiger partial charge >= 0.3 is 0 Å². The van der Waals surface area contributed by atoms with E-state index in [-0.39, 0.29) is 5.41 Å². The number of halogens is 1. The molecule has 22 heavy (non-hydrogen) atoms. The number of alkyl halides is 1. The number of aryl methyl sites for hydroxylation is 2. The van der Waals surface area contributed by atoms with Gasteiger partial charge in [-0.15, -0.1) is 11.6 Å². The van der Waals surface area contributed by atoms with Crippen LogP contribution in [0.2, 0.25) is 0 Å². The van der Waals surface area contributed by atoms with Crippen molar-refractivity contribution in [2.75, 3.05) is 0 Å². The molecule has 4 saturated carbocycles. The fourth-order valence-electron chi connectivity index (χ4n) is 5.79. The van der Waals surface area contributed by atoms with Crippen LogP contribution in [0, 0.1) is 37.5 Å². The predicted octanol–water partition coefficient (Wildman–Crippen LogP) is 5.09. The molecule has 6 rings (SSSR count). The lowest BCUT2D eigenvalue weighted by Gasteiger charge is -2.36. The van der Waals surface area contributed by atoms with Crippen LogP contribution >= 0.6 is 11.6 Å². The molecule has 0 amide bonds. The summed E-state index contributed by atoms with van der Waals surface area (Å²) in [4.78, 5) is 0. The summed E-state index contributed by atoms with van der Waals surface area (Å²) in [6.45, 7) is 4.34. The van der Waals surface area contributed by atoms with Crippen molar-refractivity contribution in [2.24, 2.45) is 23.7 Å². The third-order valence-corrected chi connectivity index (χ3v) is 7.27. The molecule has 0 nitrogen and oxygen atoms in total. The van der Waals surface area contributed by atoms with E-state index in [1.54, 1.807) is 0 Å². The quantitative estimate of drug-likeness (QED) is 0.678. The minimum atomic E-state index is 0.170. The lowest BCUT2D eigenvalue weighted by Crippen LogP contribution is -2.34. The first-order chi connectivity index (χ1) is 10.6. The van der Waals surface area contributed by atoms with Crippen LogP contribution in [0.25, 0.3) is 0 Å². The lowest BCUT2D eigenvalue weighted by atomic mass is 9.67. The number of hydrogen-bond donors (Lipinski definition) is 0. The highest BCUT2D eigenvalue weighted by Gasteiger charge is 2.80. The smallest absolute Gasteiger partial charge is 0.0410 e. The molecule has 0 aliphatic heterocycles. The standard InChI is InChI=1S/C21H21Cl/c1-12-3-7-14(8-4-12)21(15-9-5-13(2)6-10-15)17-11-16-18(19(16)21)20(17)22/h3-10,16-20H,11H2,1-2H3/t16-,17-,18+,19+,20+/m0/s1. The summed E-state index contributed by atoms with van der Waals surface area (Å²) in [6.07, 6.45) is 1.32. The second-order valence-electron chi connectivity index (χ2n) is 7.65. The Morgan fingerprint density at radius 3 is 1.68 bits per heavy atom. The number of benzene rings is 2. The van der Waals surface area contributed by atoms with Gasteiger partial charge in [0.1, 0.15) is 0 Å². The summed E-state index contributed by atoms with van der Waals surface area (Å²) < 4.78 is 0. The Bertz CT molecular complexity index is 682. The van der Waals surface area contributed by atoms with E-state index in [0.29, 0.717) is 11.3 Å². The molecule has 0 N–H and O–H groups in total. The molecule has 0 aromatic heterocycles. The Kier molecular flexibility index (Phi) is 2.50. The third kappa shape index (κ3) is 1.41. The van der Waals surface area contributed by atoms with Gasteiger partial charge in [0.15, 0.2) is 0 Å². The number of rotatable bonds is 2. The summed E-state index contributed by atoms with van der Waals surface area (Å²) in [5, 5.41) is 0.373. The summed E-state index contributed by atoms with van der Waals surface area (Å²) in [7, 11) is 0. The third-order valence-electron chi connectivity index (χ3n) is 6.68. The molecule has 2 aromatic rings. The van der Waals surface area contributed by atoms with Gasteiger partial charge in [-0.25, -0.2) is 0 Å². The molecule has 4 fully saturated rings. The van der Waals surface area contributed by atoms with Crippen molar-refractivity contribution in [1.29, 1.82) is 0 Å². The van der Waals surface area contributed by atoms with E-state index in [4.69, 9.17) is 11.6 Å². The van der Waals surface area contributed by atoms with E-state index in [2.05, 4.69) is 62.4 Å². The fourth-order valence-corrected chi connectivity index (χ4v) is 6.44. The lowest BCUT2D eigenvalue weighted by molar-refractivity contribution is 0.400. The topological polar surface area (TPSA) is 0 Å². The average Bonchev–Trinajstić information content (AvgIpc) is 2.86. The van der Waals surface area contributed by atoms with E-state index in [0.717, 1.165) is 17.8 Å². The highest BCUT2D eigenvalue weighted by Crippen LogP contribution is 2.81. The zero-order valence-electron chi connectivity index (χ0n) is 13.1. The Balaban J connectivity index is 1.74. The predicted molar refractivity (Wildman–Crippen MR) is 91.4 cm³/mol. The van der Waals surface area contributed by atoms with E-state index in [1.165, 1.54) is 28.7 Å². The molecule has 112 valence electrons. The maximum absolute atomic E-state index is 6.84. The normalized spacial score (nSPS) is 36.6. The van der Waals surface area contributed by atoms with Crippen molar-refractivity contribution in [3.8, 4) is 0 Å². The van der Waals surface area contributed by atoms with Crippen LogP contribution < -0.4 is 0 Å². The number of hydrogen-bond acceptors (Lipinski definition) is 0. The van der Waals surface area contributed by atoms with Gasteiger partial charge in [0.25, 0.3) is 0 Å². The first-order valence-electron chi connectivity index (χ1n) is 8.42. The van der Waals surface area contributed by atoms with Gasteiger partial charge in [0.05, 0.1) is 0 Å². The summed E-state index contributed by atoms with van der Waals surface area (Å²) in [6, 6.07) is 18.5. The van der Waals surface area contributed by atoms with Crippen LogP contribution in [0.4, 0.5) is 0 Å². The van der Waals surface area contributed by atoms with Crippen molar-refractivity contribution >= 4 is 11.6 Å². The van der Waals surface area contributed by atoms with Gasteiger partial charge in [0, 0.05) is 10.8 Å². The maximum Gasteiger partial charge on any atom is 0.0410 e. The zero-order valence-corrected chi connectivity index (χ0v) is 13.8. The van der Waals surface area contributed by atoms with E-state index in [1.807, 2.05) is 0 Å². The second-order valence-corrected chi connectivity index (χ2v) is 8.16. The molecule has 0 spiro atoms. The van der Waals surface area contributed by atoms with Crippen molar-refractivity contribution in [2.45, 2.75) is 31.1 Å². The molecule has 4 bridgehead atoms. The SMILES string of the molecule is Cc1ccc(C2(c3ccc(C)cc3)[C@@H]3[C@H]4C[C@H]2[C@@H](Cl)[C@H]43)cc1. The molecular formula is C21H21Cl. The summed E-state index contributed by atoms with van der Waals surface area (Å²) >= 11 is 6.84. The minimum absolute atomic E-state index is 0.170. The molecule has 2 aromatic carbocycles. The van der Waals surface area contributed by atoms with Crippen molar-refractivity contribution in [3.63, 3.8) is 0 Å². The van der Waals surface area contributed by atoms with Crippen molar-refractivity contribution in [3.05, 3.63) is 70.8 Å². The van der Waals surface area contributed by atoms with Crippen LogP contribution in [-0.2, 0) is 5.41 Å². The molecule has 5 atom stereocenters. The molecule has 0 radical (unpaired) electrons. The molecular weight excluding hydrogens is 288 g/mol.